The maximum absolute atomic E-state index is 3.68. The summed E-state index contributed by atoms with van der Waals surface area (Å²) in [4.78, 5) is 0. The van der Waals surface area contributed by atoms with Gasteiger partial charge in [0.25, 0.3) is 0 Å². The molecule has 1 unspecified atom stereocenters. The molecule has 1 N–H and O–H groups in total. The molecular formula is C18H31N. The summed E-state index contributed by atoms with van der Waals surface area (Å²) in [5, 5.41) is 3.68. The largest absolute Gasteiger partial charge is 0.310 e. The molecule has 108 valence electrons. The monoisotopic (exact) mass is 261 g/mol. The Morgan fingerprint density at radius 3 is 2.26 bits per heavy atom. The summed E-state index contributed by atoms with van der Waals surface area (Å²) < 4.78 is 0. The number of rotatable bonds is 8. The van der Waals surface area contributed by atoms with E-state index >= 15 is 0 Å². The fourth-order valence-electron chi connectivity index (χ4n) is 2.62. The van der Waals surface area contributed by atoms with Crippen molar-refractivity contribution >= 4 is 0 Å². The van der Waals surface area contributed by atoms with Gasteiger partial charge in [-0.25, -0.2) is 0 Å². The third kappa shape index (κ3) is 4.99. The Morgan fingerprint density at radius 1 is 1.00 bits per heavy atom. The van der Waals surface area contributed by atoms with Crippen LogP contribution in [0.3, 0.4) is 0 Å². The van der Waals surface area contributed by atoms with Gasteiger partial charge in [-0.2, -0.15) is 0 Å². The fourth-order valence-corrected chi connectivity index (χ4v) is 2.62. The van der Waals surface area contributed by atoms with Gasteiger partial charge in [0, 0.05) is 6.04 Å². The second-order valence-electron chi connectivity index (χ2n) is 5.82. The molecule has 0 aliphatic heterocycles. The van der Waals surface area contributed by atoms with Gasteiger partial charge in [-0.05, 0) is 54.8 Å². The van der Waals surface area contributed by atoms with Gasteiger partial charge in [-0.3, -0.25) is 0 Å². The Balaban J connectivity index is 2.97. The van der Waals surface area contributed by atoms with Crippen molar-refractivity contribution in [3.8, 4) is 0 Å². The van der Waals surface area contributed by atoms with Crippen molar-refractivity contribution in [2.75, 3.05) is 6.54 Å². The topological polar surface area (TPSA) is 12.0 Å². The lowest BCUT2D eigenvalue weighted by molar-refractivity contribution is 0.446. The second-order valence-corrected chi connectivity index (χ2v) is 5.82. The first-order chi connectivity index (χ1) is 9.12. The quantitative estimate of drug-likeness (QED) is 0.702. The van der Waals surface area contributed by atoms with Crippen LogP contribution >= 0.6 is 0 Å². The van der Waals surface area contributed by atoms with Crippen molar-refractivity contribution in [2.45, 2.75) is 66.3 Å². The van der Waals surface area contributed by atoms with Gasteiger partial charge in [-0.15, -0.1) is 0 Å². The average Bonchev–Trinajstić information content (AvgIpc) is 2.42. The van der Waals surface area contributed by atoms with Gasteiger partial charge in [0.15, 0.2) is 0 Å². The minimum atomic E-state index is 0.522. The zero-order valence-electron chi connectivity index (χ0n) is 13.4. The molecule has 1 heteroatoms. The Hall–Kier alpha value is -0.820. The molecule has 19 heavy (non-hydrogen) atoms. The molecule has 1 atom stereocenters. The lowest BCUT2D eigenvalue weighted by Crippen LogP contribution is -2.22. The lowest BCUT2D eigenvalue weighted by Gasteiger charge is -2.23. The summed E-state index contributed by atoms with van der Waals surface area (Å²) in [7, 11) is 0. The molecule has 0 amide bonds. The zero-order valence-corrected chi connectivity index (χ0v) is 13.4. The van der Waals surface area contributed by atoms with Crippen molar-refractivity contribution in [2.24, 2.45) is 5.92 Å². The summed E-state index contributed by atoms with van der Waals surface area (Å²) in [5.74, 6) is 0.778. The predicted molar refractivity (Wildman–Crippen MR) is 85.7 cm³/mol. The van der Waals surface area contributed by atoms with Crippen LogP contribution in [-0.2, 0) is 12.8 Å². The van der Waals surface area contributed by atoms with E-state index in [2.05, 4.69) is 58.1 Å². The van der Waals surface area contributed by atoms with Crippen LogP contribution in [0.4, 0.5) is 0 Å². The highest BCUT2D eigenvalue weighted by atomic mass is 14.9. The molecule has 0 spiro atoms. The first kappa shape index (κ1) is 16.2. The Morgan fingerprint density at radius 2 is 1.74 bits per heavy atom. The Kier molecular flexibility index (Phi) is 7.15. The Bertz CT molecular complexity index is 368. The molecule has 1 aromatic carbocycles. The maximum atomic E-state index is 3.68. The van der Waals surface area contributed by atoms with Crippen LogP contribution in [0.5, 0.6) is 0 Å². The van der Waals surface area contributed by atoms with Crippen LogP contribution in [0.1, 0.15) is 70.2 Å². The highest BCUT2D eigenvalue weighted by molar-refractivity contribution is 5.34. The molecule has 0 saturated heterocycles. The predicted octanol–water partition coefficient (Wildman–Crippen LogP) is 4.90. The van der Waals surface area contributed by atoms with Crippen LogP contribution in [0, 0.1) is 5.92 Å². The minimum Gasteiger partial charge on any atom is -0.310 e. The molecule has 0 aromatic heterocycles. The zero-order chi connectivity index (χ0) is 14.3. The lowest BCUT2D eigenvalue weighted by atomic mass is 9.91. The summed E-state index contributed by atoms with van der Waals surface area (Å²) in [6.07, 6.45) is 4.78. The van der Waals surface area contributed by atoms with Gasteiger partial charge in [-0.1, -0.05) is 52.8 Å². The summed E-state index contributed by atoms with van der Waals surface area (Å²) >= 11 is 0. The van der Waals surface area contributed by atoms with Crippen LogP contribution < -0.4 is 5.32 Å². The van der Waals surface area contributed by atoms with E-state index in [1.54, 1.807) is 0 Å². The summed E-state index contributed by atoms with van der Waals surface area (Å²) in [6.45, 7) is 12.4. The average molecular weight is 261 g/mol. The van der Waals surface area contributed by atoms with Crippen LogP contribution in [0.15, 0.2) is 18.2 Å². The third-order valence-electron chi connectivity index (χ3n) is 3.86. The number of hydrogen-bond donors (Lipinski definition) is 1. The van der Waals surface area contributed by atoms with Crippen LogP contribution in [0.2, 0.25) is 0 Å². The van der Waals surface area contributed by atoms with Gasteiger partial charge in [0.2, 0.25) is 0 Å². The Labute approximate surface area is 119 Å². The molecule has 0 fully saturated rings. The van der Waals surface area contributed by atoms with Gasteiger partial charge >= 0.3 is 0 Å². The normalized spacial score (nSPS) is 12.9. The molecule has 1 nitrogen and oxygen atoms in total. The fraction of sp³-hybridized carbons (Fsp3) is 0.667. The van der Waals surface area contributed by atoms with Crippen LogP contribution in [0.25, 0.3) is 0 Å². The number of nitrogens with one attached hydrogen (secondary N) is 1. The van der Waals surface area contributed by atoms with Crippen molar-refractivity contribution in [1.29, 1.82) is 0 Å². The van der Waals surface area contributed by atoms with E-state index in [4.69, 9.17) is 0 Å². The molecule has 0 aliphatic rings. The van der Waals surface area contributed by atoms with E-state index in [9.17, 15) is 0 Å². The maximum Gasteiger partial charge on any atom is 0.0323 e. The number of hydrogen-bond acceptors (Lipinski definition) is 1. The summed E-state index contributed by atoms with van der Waals surface area (Å²) in [6, 6.07) is 7.56. The summed E-state index contributed by atoms with van der Waals surface area (Å²) in [5.41, 5.74) is 4.50. The molecule has 0 heterocycles. The SMILES string of the molecule is CCNC(CCC(C)C)c1cc(CC)ccc1CC. The molecule has 1 aromatic rings. The van der Waals surface area contributed by atoms with Crippen molar-refractivity contribution in [3.63, 3.8) is 0 Å². The first-order valence-electron chi connectivity index (χ1n) is 7.97. The van der Waals surface area contributed by atoms with Crippen LogP contribution in [-0.4, -0.2) is 6.54 Å². The highest BCUT2D eigenvalue weighted by Gasteiger charge is 2.14. The highest BCUT2D eigenvalue weighted by Crippen LogP contribution is 2.26. The van der Waals surface area contributed by atoms with E-state index in [1.807, 2.05) is 0 Å². The second kappa shape index (κ2) is 8.37. The van der Waals surface area contributed by atoms with E-state index in [-0.39, 0.29) is 0 Å². The third-order valence-corrected chi connectivity index (χ3v) is 3.86. The van der Waals surface area contributed by atoms with Gasteiger partial charge in [0.1, 0.15) is 0 Å². The van der Waals surface area contributed by atoms with E-state index in [1.165, 1.54) is 29.5 Å². The molecule has 1 rings (SSSR count). The van der Waals surface area contributed by atoms with E-state index in [0.29, 0.717) is 6.04 Å². The van der Waals surface area contributed by atoms with Gasteiger partial charge < -0.3 is 5.32 Å². The first-order valence-corrected chi connectivity index (χ1v) is 7.97. The van der Waals surface area contributed by atoms with Crippen molar-refractivity contribution in [1.82, 2.24) is 5.32 Å². The molecule has 0 bridgehead atoms. The van der Waals surface area contributed by atoms with E-state index < -0.39 is 0 Å². The van der Waals surface area contributed by atoms with Crippen molar-refractivity contribution in [3.05, 3.63) is 34.9 Å². The molecule has 0 radical (unpaired) electrons. The molecule has 0 aliphatic carbocycles. The smallest absolute Gasteiger partial charge is 0.0323 e. The van der Waals surface area contributed by atoms with Gasteiger partial charge in [0.05, 0.1) is 0 Å². The minimum absolute atomic E-state index is 0.522. The number of aryl methyl sites for hydroxylation is 2. The number of benzene rings is 1. The molecular weight excluding hydrogens is 230 g/mol. The van der Waals surface area contributed by atoms with E-state index in [0.717, 1.165) is 25.3 Å². The van der Waals surface area contributed by atoms with Crippen molar-refractivity contribution < 1.29 is 0 Å². The molecule has 0 saturated carbocycles. The standard InChI is InChI=1S/C18H31N/c1-6-15-10-11-16(7-2)17(13-15)18(19-8-3)12-9-14(4)5/h10-11,13-14,18-19H,6-9,12H2,1-5H3.